The number of hydrogen-bond acceptors (Lipinski definition) is 5. The number of methoxy groups -OCH3 is 1. The Kier molecular flexibility index (Phi) is 8.11. The molecule has 0 aliphatic carbocycles. The second-order valence-corrected chi connectivity index (χ2v) is 6.21. The highest BCUT2D eigenvalue weighted by Gasteiger charge is 2.34. The molecule has 1 aliphatic heterocycles. The maximum Gasteiger partial charge on any atom is 0.401 e. The lowest BCUT2D eigenvalue weighted by Gasteiger charge is -2.20. The van der Waals surface area contributed by atoms with Crippen LogP contribution in [0.25, 0.3) is 0 Å². The Labute approximate surface area is 157 Å². The van der Waals surface area contributed by atoms with E-state index < -0.39 is 12.7 Å². The molecule has 0 bridgehead atoms. The topological polar surface area (TPSA) is 71.0 Å². The van der Waals surface area contributed by atoms with Crippen LogP contribution in [0.4, 0.5) is 13.2 Å². The zero-order valence-electron chi connectivity index (χ0n) is 15.6. The highest BCUT2D eigenvalue weighted by atomic mass is 19.4. The van der Waals surface area contributed by atoms with Crippen LogP contribution >= 0.6 is 0 Å². The molecular weight excluding hydrogens is 363 g/mol. The highest BCUT2D eigenvalue weighted by Crippen LogP contribution is 2.20. The maximum absolute atomic E-state index is 12.5. The van der Waals surface area contributed by atoms with Gasteiger partial charge in [-0.3, -0.25) is 9.89 Å². The van der Waals surface area contributed by atoms with E-state index in [0.717, 1.165) is 5.56 Å². The summed E-state index contributed by atoms with van der Waals surface area (Å²) in [7, 11) is 3.22. The molecule has 152 valence electrons. The van der Waals surface area contributed by atoms with Crippen molar-refractivity contribution < 1.29 is 22.6 Å². The number of hydrogen-bond donors (Lipinski definition) is 2. The molecule has 7 nitrogen and oxygen atoms in total. The average Bonchev–Trinajstić information content (AvgIpc) is 3.04. The molecule has 2 N–H and O–H groups in total. The van der Waals surface area contributed by atoms with Gasteiger partial charge in [0.25, 0.3) is 0 Å². The summed E-state index contributed by atoms with van der Waals surface area (Å²) in [6.45, 7) is 1.14. The van der Waals surface area contributed by atoms with Gasteiger partial charge in [0.05, 0.1) is 13.2 Å². The molecule has 27 heavy (non-hydrogen) atoms. The minimum absolute atomic E-state index is 0.0788. The van der Waals surface area contributed by atoms with Gasteiger partial charge in [-0.15, -0.1) is 0 Å². The molecule has 0 radical (unpaired) electrons. The van der Waals surface area contributed by atoms with Crippen molar-refractivity contribution in [3.8, 4) is 5.88 Å². The predicted molar refractivity (Wildman–Crippen MR) is 95.8 cm³/mol. The van der Waals surface area contributed by atoms with E-state index in [-0.39, 0.29) is 6.04 Å². The first-order chi connectivity index (χ1) is 12.9. The summed E-state index contributed by atoms with van der Waals surface area (Å²) in [5.74, 6) is 1.04. The van der Waals surface area contributed by atoms with Crippen molar-refractivity contribution in [2.45, 2.75) is 25.2 Å². The molecule has 1 unspecified atom stereocenters. The number of guanidine groups is 1. The minimum atomic E-state index is -4.17. The lowest BCUT2D eigenvalue weighted by atomic mass is 10.2. The second-order valence-electron chi connectivity index (χ2n) is 6.21. The zero-order valence-corrected chi connectivity index (χ0v) is 15.6. The molecule has 1 atom stereocenters. The summed E-state index contributed by atoms with van der Waals surface area (Å²) in [6.07, 6.45) is -1.89. The van der Waals surface area contributed by atoms with E-state index in [1.807, 2.05) is 12.1 Å². The van der Waals surface area contributed by atoms with E-state index in [0.29, 0.717) is 51.1 Å². The normalized spacial score (nSPS) is 18.6. The fraction of sp³-hybridized carbons (Fsp3) is 0.647. The molecule has 1 aliphatic rings. The summed E-state index contributed by atoms with van der Waals surface area (Å²) < 4.78 is 48.0. The average molecular weight is 389 g/mol. The number of aliphatic imine (C=N–C) groups is 1. The summed E-state index contributed by atoms with van der Waals surface area (Å²) in [4.78, 5) is 9.75. The van der Waals surface area contributed by atoms with Crippen LogP contribution in [0.5, 0.6) is 5.88 Å². The van der Waals surface area contributed by atoms with Gasteiger partial charge in [-0.2, -0.15) is 13.2 Å². The van der Waals surface area contributed by atoms with E-state index in [1.165, 1.54) is 4.90 Å². The van der Waals surface area contributed by atoms with Gasteiger partial charge >= 0.3 is 6.18 Å². The van der Waals surface area contributed by atoms with E-state index >= 15 is 0 Å². The summed E-state index contributed by atoms with van der Waals surface area (Å²) in [5.41, 5.74) is 0.849. The molecule has 2 heterocycles. The molecule has 0 saturated carbocycles. The number of rotatable bonds is 8. The van der Waals surface area contributed by atoms with E-state index in [2.05, 4.69) is 20.6 Å². The number of nitrogens with zero attached hydrogens (tertiary/aromatic N) is 3. The third kappa shape index (κ3) is 7.59. The SMILES string of the molecule is CN=C(NCc1cccnc1OCCOC)NC1CCN(CC(F)(F)F)C1. The largest absolute Gasteiger partial charge is 0.475 e. The van der Waals surface area contributed by atoms with Crippen LogP contribution in [0.1, 0.15) is 12.0 Å². The lowest BCUT2D eigenvalue weighted by Crippen LogP contribution is -2.45. The molecule has 2 rings (SSSR count). The van der Waals surface area contributed by atoms with Gasteiger partial charge in [0.1, 0.15) is 6.61 Å². The molecule has 10 heteroatoms. The van der Waals surface area contributed by atoms with Crippen LogP contribution in [0, 0.1) is 0 Å². The fourth-order valence-electron chi connectivity index (χ4n) is 2.82. The zero-order chi connectivity index (χ0) is 19.7. The number of likely N-dealkylation sites (tertiary alicyclic amines) is 1. The van der Waals surface area contributed by atoms with Crippen molar-refractivity contribution in [2.75, 3.05) is 47.0 Å². The number of alkyl halides is 3. The Morgan fingerprint density at radius 1 is 1.41 bits per heavy atom. The first-order valence-corrected chi connectivity index (χ1v) is 8.73. The third-order valence-corrected chi connectivity index (χ3v) is 4.06. The van der Waals surface area contributed by atoms with Crippen LogP contribution in [-0.4, -0.2) is 75.1 Å². The van der Waals surface area contributed by atoms with Crippen molar-refractivity contribution in [1.82, 2.24) is 20.5 Å². The molecule has 0 amide bonds. The van der Waals surface area contributed by atoms with Gasteiger partial charge in [-0.25, -0.2) is 4.98 Å². The molecule has 1 fully saturated rings. The van der Waals surface area contributed by atoms with E-state index in [9.17, 15) is 13.2 Å². The molecule has 1 aromatic heterocycles. The van der Waals surface area contributed by atoms with Crippen molar-refractivity contribution in [3.05, 3.63) is 23.9 Å². The number of nitrogens with one attached hydrogen (secondary N) is 2. The predicted octanol–water partition coefficient (Wildman–Crippen LogP) is 1.41. The van der Waals surface area contributed by atoms with Crippen molar-refractivity contribution in [2.24, 2.45) is 4.99 Å². The maximum atomic E-state index is 12.5. The van der Waals surface area contributed by atoms with Crippen molar-refractivity contribution >= 4 is 5.96 Å². The number of ether oxygens (including phenoxy) is 2. The van der Waals surface area contributed by atoms with Crippen LogP contribution in [-0.2, 0) is 11.3 Å². The standard InChI is InChI=1S/C17H26F3N5O2/c1-21-16(24-14-5-7-25(11-14)12-17(18,19)20)23-10-13-4-3-6-22-15(13)27-9-8-26-2/h3-4,6,14H,5,7-12H2,1-2H3,(H2,21,23,24). The van der Waals surface area contributed by atoms with Gasteiger partial charge in [0.2, 0.25) is 5.88 Å². The van der Waals surface area contributed by atoms with E-state index in [4.69, 9.17) is 9.47 Å². The molecule has 0 spiro atoms. The summed E-state index contributed by atoms with van der Waals surface area (Å²) in [6, 6.07) is 3.61. The van der Waals surface area contributed by atoms with Crippen molar-refractivity contribution in [3.63, 3.8) is 0 Å². The fourth-order valence-corrected chi connectivity index (χ4v) is 2.82. The number of aromatic nitrogens is 1. The lowest BCUT2D eigenvalue weighted by molar-refractivity contribution is -0.143. The number of pyridine rings is 1. The van der Waals surface area contributed by atoms with Crippen LogP contribution in [0.2, 0.25) is 0 Å². The van der Waals surface area contributed by atoms with Crippen LogP contribution in [0.15, 0.2) is 23.3 Å². The first-order valence-electron chi connectivity index (χ1n) is 8.73. The molecular formula is C17H26F3N5O2. The van der Waals surface area contributed by atoms with Gasteiger partial charge in [0.15, 0.2) is 5.96 Å². The Bertz CT molecular complexity index is 612. The highest BCUT2D eigenvalue weighted by molar-refractivity contribution is 5.80. The smallest absolute Gasteiger partial charge is 0.401 e. The minimum Gasteiger partial charge on any atom is -0.475 e. The second kappa shape index (κ2) is 10.3. The van der Waals surface area contributed by atoms with Gasteiger partial charge in [-0.1, -0.05) is 6.07 Å². The quantitative estimate of drug-likeness (QED) is 0.398. The van der Waals surface area contributed by atoms with Crippen molar-refractivity contribution in [1.29, 1.82) is 0 Å². The Balaban J connectivity index is 1.83. The Morgan fingerprint density at radius 3 is 2.93 bits per heavy atom. The first kappa shape index (κ1) is 21.2. The van der Waals surface area contributed by atoms with Gasteiger partial charge < -0.3 is 20.1 Å². The van der Waals surface area contributed by atoms with Gasteiger partial charge in [0, 0.05) is 51.6 Å². The monoisotopic (exact) mass is 389 g/mol. The van der Waals surface area contributed by atoms with Gasteiger partial charge in [-0.05, 0) is 12.5 Å². The summed E-state index contributed by atoms with van der Waals surface area (Å²) >= 11 is 0. The molecule has 0 aromatic carbocycles. The number of halogens is 3. The molecule has 1 saturated heterocycles. The Morgan fingerprint density at radius 2 is 2.22 bits per heavy atom. The Hall–Kier alpha value is -2.07. The van der Waals surface area contributed by atoms with E-state index in [1.54, 1.807) is 20.4 Å². The van der Waals surface area contributed by atoms with Crippen LogP contribution < -0.4 is 15.4 Å². The van der Waals surface area contributed by atoms with Crippen LogP contribution in [0.3, 0.4) is 0 Å². The summed E-state index contributed by atoms with van der Waals surface area (Å²) in [5, 5.41) is 6.33. The third-order valence-electron chi connectivity index (χ3n) is 4.06. The molecule has 1 aromatic rings.